The summed E-state index contributed by atoms with van der Waals surface area (Å²) in [6.07, 6.45) is 12.1. The van der Waals surface area contributed by atoms with Crippen molar-refractivity contribution in [1.82, 2.24) is 24.3 Å². The lowest BCUT2D eigenvalue weighted by molar-refractivity contribution is 0.000539. The van der Waals surface area contributed by atoms with E-state index in [1.165, 1.54) is 0 Å². The standard InChI is InChI=1S/C22H23N7O/c1-15-19(16-7-20(30-2)21-17(10-23)11-25-28(21)13-16)12-26-29(15)18-8-22(9-18)3-5-27(14-24)6-4-22/h7,11-13,18H,3-6,8-9H2,1-2H3. The van der Waals surface area contributed by atoms with E-state index in [9.17, 15) is 5.26 Å². The first-order valence-corrected chi connectivity index (χ1v) is 10.2. The van der Waals surface area contributed by atoms with Crippen LogP contribution in [-0.4, -0.2) is 44.5 Å². The maximum Gasteiger partial charge on any atom is 0.179 e. The summed E-state index contributed by atoms with van der Waals surface area (Å²) in [7, 11) is 1.61. The van der Waals surface area contributed by atoms with E-state index < -0.39 is 0 Å². The molecule has 0 radical (unpaired) electrons. The minimum Gasteiger partial charge on any atom is -0.494 e. The Balaban J connectivity index is 1.41. The van der Waals surface area contributed by atoms with E-state index >= 15 is 0 Å². The summed E-state index contributed by atoms with van der Waals surface area (Å²) in [6.45, 7) is 3.86. The summed E-state index contributed by atoms with van der Waals surface area (Å²) in [4.78, 5) is 1.87. The Morgan fingerprint density at radius 3 is 2.60 bits per heavy atom. The van der Waals surface area contributed by atoms with Crippen LogP contribution in [0, 0.1) is 35.1 Å². The minimum atomic E-state index is 0.376. The third-order valence-electron chi connectivity index (χ3n) is 6.92. The monoisotopic (exact) mass is 401 g/mol. The summed E-state index contributed by atoms with van der Waals surface area (Å²) in [5.74, 6) is 0.626. The molecule has 3 aromatic rings. The number of nitrogens with zero attached hydrogens (tertiary/aromatic N) is 7. The zero-order valence-corrected chi connectivity index (χ0v) is 17.2. The van der Waals surface area contributed by atoms with Gasteiger partial charge in [-0.1, -0.05) is 0 Å². The number of likely N-dealkylation sites (tertiary alicyclic amines) is 1. The van der Waals surface area contributed by atoms with Gasteiger partial charge in [0.15, 0.2) is 6.19 Å². The molecule has 2 aliphatic rings. The van der Waals surface area contributed by atoms with E-state index in [2.05, 4.69) is 29.0 Å². The van der Waals surface area contributed by atoms with Crippen LogP contribution in [0.5, 0.6) is 5.75 Å². The molecule has 1 aliphatic heterocycles. The summed E-state index contributed by atoms with van der Waals surface area (Å²) >= 11 is 0. The van der Waals surface area contributed by atoms with Gasteiger partial charge in [-0.3, -0.25) is 4.68 Å². The largest absolute Gasteiger partial charge is 0.494 e. The number of hydrogen-bond acceptors (Lipinski definition) is 6. The Kier molecular flexibility index (Phi) is 4.18. The average Bonchev–Trinajstić information content (AvgIpc) is 3.34. The molecule has 0 bridgehead atoms. The van der Waals surface area contributed by atoms with Gasteiger partial charge in [0.25, 0.3) is 0 Å². The van der Waals surface area contributed by atoms with Crippen molar-refractivity contribution >= 4 is 5.52 Å². The molecule has 0 N–H and O–H groups in total. The van der Waals surface area contributed by atoms with E-state index in [4.69, 9.17) is 15.1 Å². The third kappa shape index (κ3) is 2.72. The molecule has 1 spiro atoms. The fourth-order valence-electron chi connectivity index (χ4n) is 5.15. The van der Waals surface area contributed by atoms with E-state index in [1.807, 2.05) is 23.4 Å². The van der Waals surface area contributed by atoms with Crippen LogP contribution >= 0.6 is 0 Å². The van der Waals surface area contributed by atoms with Crippen molar-refractivity contribution < 1.29 is 4.74 Å². The number of pyridine rings is 1. The van der Waals surface area contributed by atoms with Crippen LogP contribution in [0.1, 0.15) is 43.0 Å². The van der Waals surface area contributed by atoms with Crippen molar-refractivity contribution in [1.29, 1.82) is 10.5 Å². The van der Waals surface area contributed by atoms with Crippen LogP contribution in [0.25, 0.3) is 16.6 Å². The van der Waals surface area contributed by atoms with Gasteiger partial charge in [0.05, 0.1) is 25.5 Å². The fourth-order valence-corrected chi connectivity index (χ4v) is 5.15. The Labute approximate surface area is 174 Å². The molecule has 0 aromatic carbocycles. The lowest BCUT2D eigenvalue weighted by Gasteiger charge is -2.51. The maximum atomic E-state index is 9.32. The normalized spacial score (nSPS) is 18.2. The van der Waals surface area contributed by atoms with Crippen LogP contribution < -0.4 is 4.74 Å². The summed E-state index contributed by atoms with van der Waals surface area (Å²) in [5, 5.41) is 27.4. The van der Waals surface area contributed by atoms with Crippen LogP contribution in [0.3, 0.4) is 0 Å². The molecule has 0 unspecified atom stereocenters. The maximum absolute atomic E-state index is 9.32. The Morgan fingerprint density at radius 2 is 1.93 bits per heavy atom. The Bertz CT molecular complexity index is 1190. The number of methoxy groups -OCH3 is 1. The fraction of sp³-hybridized carbons (Fsp3) is 0.455. The molecular formula is C22H23N7O. The van der Waals surface area contributed by atoms with Crippen LogP contribution in [-0.2, 0) is 0 Å². The zero-order chi connectivity index (χ0) is 20.9. The van der Waals surface area contributed by atoms with Gasteiger partial charge in [-0.15, -0.1) is 0 Å². The third-order valence-corrected chi connectivity index (χ3v) is 6.92. The van der Waals surface area contributed by atoms with Crippen molar-refractivity contribution in [2.75, 3.05) is 20.2 Å². The van der Waals surface area contributed by atoms with Crippen LogP contribution in [0.4, 0.5) is 0 Å². The number of fused-ring (bicyclic) bond motifs is 1. The molecule has 5 rings (SSSR count). The highest BCUT2D eigenvalue weighted by molar-refractivity contribution is 5.75. The molecule has 30 heavy (non-hydrogen) atoms. The van der Waals surface area contributed by atoms with Gasteiger partial charge < -0.3 is 9.64 Å². The second-order valence-electron chi connectivity index (χ2n) is 8.50. The van der Waals surface area contributed by atoms with Crippen molar-refractivity contribution in [3.05, 3.63) is 35.9 Å². The lowest BCUT2D eigenvalue weighted by Crippen LogP contribution is -2.46. The molecule has 152 valence electrons. The molecule has 1 saturated heterocycles. The molecule has 4 heterocycles. The van der Waals surface area contributed by atoms with Crippen LogP contribution in [0.2, 0.25) is 0 Å². The lowest BCUT2D eigenvalue weighted by atomic mass is 9.60. The quantitative estimate of drug-likeness (QED) is 0.625. The molecule has 3 aromatic heterocycles. The van der Waals surface area contributed by atoms with E-state index in [0.29, 0.717) is 28.3 Å². The number of hydrogen-bond donors (Lipinski definition) is 0. The molecule has 0 amide bonds. The van der Waals surface area contributed by atoms with Crippen molar-refractivity contribution in [3.63, 3.8) is 0 Å². The van der Waals surface area contributed by atoms with E-state index in [0.717, 1.165) is 55.6 Å². The van der Waals surface area contributed by atoms with E-state index in [1.54, 1.807) is 17.8 Å². The van der Waals surface area contributed by atoms with Gasteiger partial charge in [0, 0.05) is 36.1 Å². The first-order chi connectivity index (χ1) is 14.6. The predicted octanol–water partition coefficient (Wildman–Crippen LogP) is 3.28. The van der Waals surface area contributed by atoms with Gasteiger partial charge in [0.1, 0.15) is 22.9 Å². The summed E-state index contributed by atoms with van der Waals surface area (Å²) < 4.78 is 9.39. The van der Waals surface area contributed by atoms with Gasteiger partial charge >= 0.3 is 0 Å². The highest BCUT2D eigenvalue weighted by Gasteiger charge is 2.47. The number of rotatable bonds is 3. The number of ether oxygens (including phenoxy) is 1. The number of nitriles is 2. The van der Waals surface area contributed by atoms with Crippen molar-refractivity contribution in [2.24, 2.45) is 5.41 Å². The highest BCUT2D eigenvalue weighted by atomic mass is 16.5. The van der Waals surface area contributed by atoms with Gasteiger partial charge in [-0.2, -0.15) is 20.7 Å². The summed E-state index contributed by atoms with van der Waals surface area (Å²) in [5.41, 5.74) is 4.68. The van der Waals surface area contributed by atoms with Crippen molar-refractivity contribution in [2.45, 2.75) is 38.6 Å². The number of piperidine rings is 1. The summed E-state index contributed by atoms with van der Waals surface area (Å²) in [6, 6.07) is 4.52. The molecule has 1 saturated carbocycles. The Morgan fingerprint density at radius 1 is 1.17 bits per heavy atom. The molecule has 8 nitrogen and oxygen atoms in total. The first-order valence-electron chi connectivity index (χ1n) is 10.2. The minimum absolute atomic E-state index is 0.376. The molecule has 1 aliphatic carbocycles. The van der Waals surface area contributed by atoms with Crippen molar-refractivity contribution in [3.8, 4) is 29.1 Å². The van der Waals surface area contributed by atoms with Crippen LogP contribution in [0.15, 0.2) is 24.7 Å². The zero-order valence-electron chi connectivity index (χ0n) is 17.2. The molecule has 2 fully saturated rings. The number of aromatic nitrogens is 4. The SMILES string of the molecule is COc1cc(-c2cnn(C3CC4(CCN(C#N)CC4)C3)c2C)cn2ncc(C#N)c12. The van der Waals surface area contributed by atoms with Gasteiger partial charge in [0.2, 0.25) is 0 Å². The van der Waals surface area contributed by atoms with E-state index in [-0.39, 0.29) is 0 Å². The smallest absolute Gasteiger partial charge is 0.179 e. The predicted molar refractivity (Wildman–Crippen MR) is 110 cm³/mol. The average molecular weight is 401 g/mol. The molecule has 0 atom stereocenters. The van der Waals surface area contributed by atoms with Gasteiger partial charge in [-0.05, 0) is 44.1 Å². The molecule has 8 heteroatoms. The Hall–Kier alpha value is -3.52. The second-order valence-corrected chi connectivity index (χ2v) is 8.50. The first kappa shape index (κ1) is 18.5. The second kappa shape index (κ2) is 6.77. The van der Waals surface area contributed by atoms with Gasteiger partial charge in [-0.25, -0.2) is 4.52 Å². The molecular weight excluding hydrogens is 378 g/mol. The topological polar surface area (TPSA) is 95.2 Å². The highest BCUT2D eigenvalue weighted by Crippen LogP contribution is 2.55.